The van der Waals surface area contributed by atoms with Crippen LogP contribution in [0.2, 0.25) is 0 Å². The molecule has 2 heterocycles. The van der Waals surface area contributed by atoms with Gasteiger partial charge in [-0.15, -0.1) is 0 Å². The number of nitrogens with zero attached hydrogens (tertiary/aromatic N) is 1. The molecule has 0 radical (unpaired) electrons. The van der Waals surface area contributed by atoms with E-state index in [1.54, 1.807) is 4.90 Å². The zero-order valence-corrected chi connectivity index (χ0v) is 12.2. The molecule has 112 valence electrons. The lowest BCUT2D eigenvalue weighted by molar-refractivity contribution is -0.149. The first-order valence-corrected chi connectivity index (χ1v) is 7.21. The summed E-state index contributed by atoms with van der Waals surface area (Å²) < 4.78 is 5.52. The van der Waals surface area contributed by atoms with E-state index in [1.165, 1.54) is 0 Å². The lowest BCUT2D eigenvalue weighted by Crippen LogP contribution is -2.40. The van der Waals surface area contributed by atoms with E-state index in [-0.39, 0.29) is 12.0 Å². The number of fused-ring (bicyclic) bond motifs is 1. The highest BCUT2D eigenvalue weighted by atomic mass is 16.5. The van der Waals surface area contributed by atoms with Crippen molar-refractivity contribution in [3.63, 3.8) is 0 Å². The fraction of sp³-hybridized carbons (Fsp3) is 0.500. The largest absolute Gasteiger partial charge is 0.479 e. The number of anilines is 1. The van der Waals surface area contributed by atoms with Crippen LogP contribution in [0.5, 0.6) is 0 Å². The number of hydrogen-bond acceptors (Lipinski definition) is 3. The second-order valence-electron chi connectivity index (χ2n) is 6.22. The molecule has 1 aromatic rings. The first kappa shape index (κ1) is 14.1. The Morgan fingerprint density at radius 1 is 1.38 bits per heavy atom. The second-order valence-corrected chi connectivity index (χ2v) is 6.22. The topological polar surface area (TPSA) is 66.8 Å². The number of carbonyl (C=O) groups excluding carboxylic acids is 1. The number of benzene rings is 1. The Hall–Kier alpha value is -1.88. The molecule has 0 aromatic heterocycles. The van der Waals surface area contributed by atoms with Gasteiger partial charge in [-0.2, -0.15) is 0 Å². The van der Waals surface area contributed by atoms with Crippen LogP contribution in [-0.2, 0) is 19.7 Å². The van der Waals surface area contributed by atoms with E-state index in [0.29, 0.717) is 19.4 Å². The van der Waals surface area contributed by atoms with Crippen LogP contribution in [0, 0.1) is 0 Å². The van der Waals surface area contributed by atoms with Crippen LogP contribution < -0.4 is 4.90 Å². The standard InChI is InChI=1S/C16H19NO4/c1-16(2)11-5-3-4-6-12(11)17(15(16)20)9-10-7-8-13(21-10)14(18)19/h3-6,10,13H,7-9H2,1-2H3,(H,18,19). The quantitative estimate of drug-likeness (QED) is 0.923. The molecule has 1 amide bonds. The van der Waals surface area contributed by atoms with Crippen LogP contribution in [0.15, 0.2) is 24.3 Å². The van der Waals surface area contributed by atoms with Gasteiger partial charge in [-0.3, -0.25) is 4.79 Å². The monoisotopic (exact) mass is 289 g/mol. The van der Waals surface area contributed by atoms with Gasteiger partial charge in [0, 0.05) is 5.69 Å². The normalized spacial score (nSPS) is 27.0. The first-order chi connectivity index (χ1) is 9.91. The van der Waals surface area contributed by atoms with Crippen molar-refractivity contribution < 1.29 is 19.4 Å². The van der Waals surface area contributed by atoms with Gasteiger partial charge in [-0.1, -0.05) is 18.2 Å². The molecule has 3 rings (SSSR count). The molecular weight excluding hydrogens is 270 g/mol. The van der Waals surface area contributed by atoms with Gasteiger partial charge in [0.2, 0.25) is 5.91 Å². The number of carboxylic acids is 1. The Labute approximate surface area is 123 Å². The molecule has 1 N–H and O–H groups in total. The minimum Gasteiger partial charge on any atom is -0.479 e. The molecule has 0 saturated carbocycles. The third-order valence-electron chi connectivity index (χ3n) is 4.42. The number of carboxylic acid groups (broad SMARTS) is 1. The minimum atomic E-state index is -0.925. The average Bonchev–Trinajstić information content (AvgIpc) is 2.98. The zero-order valence-electron chi connectivity index (χ0n) is 12.2. The van der Waals surface area contributed by atoms with Gasteiger partial charge < -0.3 is 14.7 Å². The molecule has 1 saturated heterocycles. The maximum atomic E-state index is 12.6. The van der Waals surface area contributed by atoms with Gasteiger partial charge in [-0.25, -0.2) is 4.79 Å². The van der Waals surface area contributed by atoms with Crippen molar-refractivity contribution in [2.45, 2.75) is 44.3 Å². The highest BCUT2D eigenvalue weighted by molar-refractivity contribution is 6.07. The molecule has 0 bridgehead atoms. The second kappa shape index (κ2) is 4.84. The van der Waals surface area contributed by atoms with Gasteiger partial charge in [0.1, 0.15) is 0 Å². The molecule has 5 nitrogen and oxygen atoms in total. The van der Waals surface area contributed by atoms with E-state index < -0.39 is 17.5 Å². The van der Waals surface area contributed by atoms with Gasteiger partial charge >= 0.3 is 5.97 Å². The smallest absolute Gasteiger partial charge is 0.332 e. The maximum absolute atomic E-state index is 12.6. The highest BCUT2D eigenvalue weighted by Crippen LogP contribution is 2.41. The summed E-state index contributed by atoms with van der Waals surface area (Å²) in [6.07, 6.45) is 0.226. The van der Waals surface area contributed by atoms with Crippen LogP contribution in [0.4, 0.5) is 5.69 Å². The average molecular weight is 289 g/mol. The Kier molecular flexibility index (Phi) is 3.24. The Balaban J connectivity index is 1.81. The predicted octanol–water partition coefficient (Wildman–Crippen LogP) is 1.94. The van der Waals surface area contributed by atoms with Gasteiger partial charge in [0.25, 0.3) is 0 Å². The number of hydrogen-bond donors (Lipinski definition) is 1. The molecule has 2 aliphatic rings. The van der Waals surface area contributed by atoms with Crippen molar-refractivity contribution >= 4 is 17.6 Å². The van der Waals surface area contributed by atoms with Crippen molar-refractivity contribution in [3.8, 4) is 0 Å². The van der Waals surface area contributed by atoms with Crippen molar-refractivity contribution in [1.82, 2.24) is 0 Å². The maximum Gasteiger partial charge on any atom is 0.332 e. The van der Waals surface area contributed by atoms with E-state index in [2.05, 4.69) is 0 Å². The third kappa shape index (κ3) is 2.21. The molecule has 1 aromatic carbocycles. The predicted molar refractivity (Wildman–Crippen MR) is 77.4 cm³/mol. The van der Waals surface area contributed by atoms with Crippen molar-refractivity contribution in [1.29, 1.82) is 0 Å². The number of rotatable bonds is 3. The molecular formula is C16H19NO4. The molecule has 2 atom stereocenters. The highest BCUT2D eigenvalue weighted by Gasteiger charge is 2.45. The van der Waals surface area contributed by atoms with Crippen molar-refractivity contribution in [2.24, 2.45) is 0 Å². The lowest BCUT2D eigenvalue weighted by Gasteiger charge is -2.23. The minimum absolute atomic E-state index is 0.0473. The molecule has 5 heteroatoms. The van der Waals surface area contributed by atoms with Crippen LogP contribution in [0.1, 0.15) is 32.3 Å². The number of ether oxygens (including phenoxy) is 1. The van der Waals surface area contributed by atoms with E-state index in [1.807, 2.05) is 38.1 Å². The Bertz CT molecular complexity index is 596. The van der Waals surface area contributed by atoms with E-state index in [0.717, 1.165) is 11.3 Å². The van der Waals surface area contributed by atoms with Crippen LogP contribution >= 0.6 is 0 Å². The summed E-state index contributed by atoms with van der Waals surface area (Å²) in [6, 6.07) is 7.76. The summed E-state index contributed by atoms with van der Waals surface area (Å²) >= 11 is 0. The Morgan fingerprint density at radius 2 is 2.10 bits per heavy atom. The van der Waals surface area contributed by atoms with E-state index >= 15 is 0 Å². The van der Waals surface area contributed by atoms with Gasteiger partial charge in [0.05, 0.1) is 18.1 Å². The fourth-order valence-corrected chi connectivity index (χ4v) is 3.21. The van der Waals surface area contributed by atoms with Crippen molar-refractivity contribution in [3.05, 3.63) is 29.8 Å². The summed E-state index contributed by atoms with van der Waals surface area (Å²) in [5.74, 6) is -0.878. The number of aliphatic carboxylic acids is 1. The summed E-state index contributed by atoms with van der Waals surface area (Å²) in [5.41, 5.74) is 1.39. The fourth-order valence-electron chi connectivity index (χ4n) is 3.21. The van der Waals surface area contributed by atoms with Crippen molar-refractivity contribution in [2.75, 3.05) is 11.4 Å². The van der Waals surface area contributed by atoms with Gasteiger partial charge in [-0.05, 0) is 38.3 Å². The first-order valence-electron chi connectivity index (χ1n) is 7.21. The van der Waals surface area contributed by atoms with Gasteiger partial charge in [0.15, 0.2) is 6.10 Å². The lowest BCUT2D eigenvalue weighted by atomic mass is 9.86. The SMILES string of the molecule is CC1(C)C(=O)N(CC2CCC(C(=O)O)O2)c2ccccc21. The van der Waals surface area contributed by atoms with Crippen LogP contribution in [0.3, 0.4) is 0 Å². The number of carbonyl (C=O) groups is 2. The zero-order chi connectivity index (χ0) is 15.2. The summed E-state index contributed by atoms with van der Waals surface area (Å²) in [7, 11) is 0. The molecule has 1 fully saturated rings. The summed E-state index contributed by atoms with van der Waals surface area (Å²) in [4.78, 5) is 25.3. The third-order valence-corrected chi connectivity index (χ3v) is 4.42. The molecule has 21 heavy (non-hydrogen) atoms. The number of para-hydroxylation sites is 1. The summed E-state index contributed by atoms with van der Waals surface area (Å²) in [6.45, 7) is 4.26. The molecule has 0 spiro atoms. The van der Waals surface area contributed by atoms with E-state index in [9.17, 15) is 9.59 Å². The van der Waals surface area contributed by atoms with E-state index in [4.69, 9.17) is 9.84 Å². The Morgan fingerprint density at radius 3 is 2.76 bits per heavy atom. The number of amides is 1. The summed E-state index contributed by atoms with van der Waals surface area (Å²) in [5, 5.41) is 8.98. The molecule has 0 aliphatic carbocycles. The van der Waals surface area contributed by atoms with Crippen LogP contribution in [-0.4, -0.2) is 35.7 Å². The van der Waals surface area contributed by atoms with Crippen LogP contribution in [0.25, 0.3) is 0 Å². The molecule has 2 unspecified atom stereocenters. The molecule has 2 aliphatic heterocycles.